The Kier molecular flexibility index (Phi) is 7.40. The number of nitro benzene ring substituents is 1. The zero-order chi connectivity index (χ0) is 23.3. The minimum absolute atomic E-state index is 0.0264. The fourth-order valence-electron chi connectivity index (χ4n) is 3.41. The summed E-state index contributed by atoms with van der Waals surface area (Å²) in [5.74, 6) is -0.285. The van der Waals surface area contributed by atoms with Gasteiger partial charge in [0, 0.05) is 51.5 Å². The van der Waals surface area contributed by atoms with Crippen molar-refractivity contribution in [1.29, 1.82) is 0 Å². The highest BCUT2D eigenvalue weighted by molar-refractivity contribution is 5.93. The number of amides is 1. The van der Waals surface area contributed by atoms with Crippen LogP contribution in [-0.2, 0) is 4.74 Å². The van der Waals surface area contributed by atoms with Crippen LogP contribution in [-0.4, -0.2) is 87.7 Å². The van der Waals surface area contributed by atoms with Crippen molar-refractivity contribution in [3.05, 3.63) is 45.8 Å². The standard InChI is InChI=1S/C19H23F3N6O4/c1-14-17(23-24-27(14)15-4-2-5-16(12-15)28(30)31)18(29)26-9-7-25(8-10-26)6-3-11-32-13-19(20,21)22/h2,4-5,12H,3,6-11,13H2,1H3. The predicted octanol–water partition coefficient (Wildman–Crippen LogP) is 2.21. The van der Waals surface area contributed by atoms with Gasteiger partial charge in [-0.3, -0.25) is 19.8 Å². The van der Waals surface area contributed by atoms with E-state index in [1.165, 1.54) is 22.9 Å². The van der Waals surface area contributed by atoms with Gasteiger partial charge in [0.2, 0.25) is 0 Å². The summed E-state index contributed by atoms with van der Waals surface area (Å²) in [5, 5.41) is 19.0. The Morgan fingerprint density at radius 3 is 2.62 bits per heavy atom. The van der Waals surface area contributed by atoms with Crippen LogP contribution < -0.4 is 0 Å². The zero-order valence-corrected chi connectivity index (χ0v) is 17.4. The van der Waals surface area contributed by atoms with Crippen LogP contribution in [0, 0.1) is 17.0 Å². The molecule has 0 unspecified atom stereocenters. The maximum Gasteiger partial charge on any atom is 0.411 e. The summed E-state index contributed by atoms with van der Waals surface area (Å²) >= 11 is 0. The lowest BCUT2D eigenvalue weighted by atomic mass is 10.2. The molecule has 13 heteroatoms. The molecule has 2 heterocycles. The third-order valence-electron chi connectivity index (χ3n) is 5.07. The molecule has 0 bridgehead atoms. The molecule has 1 amide bonds. The van der Waals surface area contributed by atoms with E-state index in [-0.39, 0.29) is 23.9 Å². The van der Waals surface area contributed by atoms with Crippen molar-refractivity contribution in [3.8, 4) is 5.69 Å². The average Bonchev–Trinajstić information content (AvgIpc) is 3.14. The summed E-state index contributed by atoms with van der Waals surface area (Å²) in [6.45, 7) is 3.11. The van der Waals surface area contributed by atoms with Crippen LogP contribution in [0.4, 0.5) is 18.9 Å². The van der Waals surface area contributed by atoms with Crippen LogP contribution in [0.5, 0.6) is 0 Å². The Morgan fingerprint density at radius 1 is 1.25 bits per heavy atom. The summed E-state index contributed by atoms with van der Waals surface area (Å²) < 4.78 is 42.2. The molecule has 2 aromatic rings. The van der Waals surface area contributed by atoms with Gasteiger partial charge in [0.05, 0.1) is 16.3 Å². The number of piperazine rings is 1. The highest BCUT2D eigenvalue weighted by atomic mass is 19.4. The molecule has 1 aromatic heterocycles. The van der Waals surface area contributed by atoms with E-state index in [1.807, 2.05) is 0 Å². The molecule has 1 saturated heterocycles. The molecule has 10 nitrogen and oxygen atoms in total. The van der Waals surface area contributed by atoms with Crippen LogP contribution in [0.1, 0.15) is 22.6 Å². The Morgan fingerprint density at radius 2 is 1.97 bits per heavy atom. The van der Waals surface area contributed by atoms with E-state index in [4.69, 9.17) is 0 Å². The van der Waals surface area contributed by atoms with Gasteiger partial charge in [0.25, 0.3) is 11.6 Å². The van der Waals surface area contributed by atoms with E-state index in [0.29, 0.717) is 50.5 Å². The van der Waals surface area contributed by atoms with Gasteiger partial charge in [-0.1, -0.05) is 11.3 Å². The molecule has 1 aromatic carbocycles. The Bertz CT molecular complexity index is 957. The van der Waals surface area contributed by atoms with Crippen molar-refractivity contribution in [2.45, 2.75) is 19.5 Å². The Balaban J connectivity index is 1.53. The lowest BCUT2D eigenvalue weighted by Gasteiger charge is -2.34. The van der Waals surface area contributed by atoms with Crippen LogP contribution in [0.2, 0.25) is 0 Å². The van der Waals surface area contributed by atoms with Crippen molar-refractivity contribution >= 4 is 11.6 Å². The SMILES string of the molecule is Cc1c(C(=O)N2CCN(CCCOCC(F)(F)F)CC2)nnn1-c1cccc([N+](=O)[O-])c1. The number of aromatic nitrogens is 3. The summed E-state index contributed by atoms with van der Waals surface area (Å²) in [6, 6.07) is 5.89. The molecule has 32 heavy (non-hydrogen) atoms. The molecule has 0 N–H and O–H groups in total. The van der Waals surface area contributed by atoms with E-state index in [1.54, 1.807) is 17.9 Å². The van der Waals surface area contributed by atoms with Crippen molar-refractivity contribution in [3.63, 3.8) is 0 Å². The van der Waals surface area contributed by atoms with Gasteiger partial charge in [-0.15, -0.1) is 5.10 Å². The summed E-state index contributed by atoms with van der Waals surface area (Å²) in [4.78, 5) is 27.1. The molecule has 1 aliphatic heterocycles. The second kappa shape index (κ2) is 10.0. The molecule has 0 aliphatic carbocycles. The zero-order valence-electron chi connectivity index (χ0n) is 17.4. The summed E-state index contributed by atoms with van der Waals surface area (Å²) in [6.07, 6.45) is -3.85. The number of carbonyl (C=O) groups excluding carboxylic acids is 1. The second-order valence-corrected chi connectivity index (χ2v) is 7.37. The number of benzene rings is 1. The number of hydrogen-bond acceptors (Lipinski definition) is 7. The third-order valence-corrected chi connectivity index (χ3v) is 5.07. The first-order valence-electron chi connectivity index (χ1n) is 9.99. The molecule has 0 spiro atoms. The first kappa shape index (κ1) is 23.6. The maximum absolute atomic E-state index is 12.9. The van der Waals surface area contributed by atoms with Gasteiger partial charge in [0.1, 0.15) is 6.61 Å². The smallest absolute Gasteiger partial charge is 0.372 e. The quantitative estimate of drug-likeness (QED) is 0.341. The number of nitrogens with zero attached hydrogens (tertiary/aromatic N) is 6. The Hall–Kier alpha value is -3.06. The number of halogens is 3. The number of rotatable bonds is 8. The number of nitro groups is 1. The van der Waals surface area contributed by atoms with E-state index < -0.39 is 17.7 Å². The van der Waals surface area contributed by atoms with E-state index in [0.717, 1.165) is 0 Å². The maximum atomic E-state index is 12.9. The monoisotopic (exact) mass is 456 g/mol. The topological polar surface area (TPSA) is 107 Å². The average molecular weight is 456 g/mol. The lowest BCUT2D eigenvalue weighted by Crippen LogP contribution is -2.49. The van der Waals surface area contributed by atoms with E-state index in [9.17, 15) is 28.1 Å². The normalized spacial score (nSPS) is 15.2. The van der Waals surface area contributed by atoms with Crippen LogP contribution in [0.25, 0.3) is 5.69 Å². The van der Waals surface area contributed by atoms with E-state index >= 15 is 0 Å². The van der Waals surface area contributed by atoms with Crippen LogP contribution in [0.15, 0.2) is 24.3 Å². The first-order valence-corrected chi connectivity index (χ1v) is 9.99. The number of hydrogen-bond donors (Lipinski definition) is 0. The van der Waals surface area contributed by atoms with Crippen molar-refractivity contribution < 1.29 is 27.6 Å². The van der Waals surface area contributed by atoms with Crippen molar-refractivity contribution in [2.24, 2.45) is 0 Å². The molecule has 0 radical (unpaired) electrons. The van der Waals surface area contributed by atoms with Crippen LogP contribution in [0.3, 0.4) is 0 Å². The molecular formula is C19H23F3N6O4. The fourth-order valence-corrected chi connectivity index (χ4v) is 3.41. The molecule has 0 atom stereocenters. The number of carbonyl (C=O) groups is 1. The Labute approximate surface area is 181 Å². The molecule has 3 rings (SSSR count). The van der Waals surface area contributed by atoms with Crippen molar-refractivity contribution in [1.82, 2.24) is 24.8 Å². The van der Waals surface area contributed by atoms with Gasteiger partial charge in [-0.25, -0.2) is 4.68 Å². The van der Waals surface area contributed by atoms with Gasteiger partial charge in [-0.2, -0.15) is 13.2 Å². The molecule has 1 fully saturated rings. The number of alkyl halides is 3. The number of non-ortho nitro benzene ring substituents is 1. The van der Waals surface area contributed by atoms with Crippen molar-refractivity contribution in [2.75, 3.05) is 45.9 Å². The van der Waals surface area contributed by atoms with Gasteiger partial charge in [-0.05, 0) is 19.4 Å². The molecule has 174 valence electrons. The predicted molar refractivity (Wildman–Crippen MR) is 107 cm³/mol. The van der Waals surface area contributed by atoms with E-state index in [2.05, 4.69) is 19.9 Å². The molecule has 1 aliphatic rings. The fraction of sp³-hybridized carbons (Fsp3) is 0.526. The highest BCUT2D eigenvalue weighted by Gasteiger charge is 2.28. The van der Waals surface area contributed by atoms with Gasteiger partial charge < -0.3 is 9.64 Å². The largest absolute Gasteiger partial charge is 0.411 e. The lowest BCUT2D eigenvalue weighted by molar-refractivity contribution is -0.384. The minimum Gasteiger partial charge on any atom is -0.372 e. The van der Waals surface area contributed by atoms with Crippen LogP contribution >= 0.6 is 0 Å². The summed E-state index contributed by atoms with van der Waals surface area (Å²) in [7, 11) is 0. The molecule has 0 saturated carbocycles. The summed E-state index contributed by atoms with van der Waals surface area (Å²) in [5.41, 5.74) is 0.983. The second-order valence-electron chi connectivity index (χ2n) is 7.37. The minimum atomic E-state index is -4.32. The first-order chi connectivity index (χ1) is 15.2. The van der Waals surface area contributed by atoms with Gasteiger partial charge in [0.15, 0.2) is 5.69 Å². The number of ether oxygens (including phenoxy) is 1. The highest BCUT2D eigenvalue weighted by Crippen LogP contribution is 2.19. The molecular weight excluding hydrogens is 433 g/mol. The third kappa shape index (κ3) is 6.01. The van der Waals surface area contributed by atoms with Gasteiger partial charge >= 0.3 is 6.18 Å².